The molecule has 1 aliphatic rings. The van der Waals surface area contributed by atoms with E-state index in [1.54, 1.807) is 12.3 Å². The lowest BCUT2D eigenvalue weighted by molar-refractivity contribution is -0.0136. The Morgan fingerprint density at radius 3 is 2.88 bits per heavy atom. The number of amides is 1. The minimum Gasteiger partial charge on any atom is -0.484 e. The summed E-state index contributed by atoms with van der Waals surface area (Å²) in [5.74, 6) is 0.389. The van der Waals surface area contributed by atoms with Crippen molar-refractivity contribution in [3.63, 3.8) is 0 Å². The molecule has 0 radical (unpaired) electrons. The van der Waals surface area contributed by atoms with E-state index in [1.807, 2.05) is 25.1 Å². The van der Waals surface area contributed by atoms with E-state index in [0.29, 0.717) is 30.9 Å². The average molecular weight is 338 g/mol. The van der Waals surface area contributed by atoms with E-state index in [0.717, 1.165) is 5.69 Å². The SMILES string of the molecule is Cc1ccc(O[C@H]2COCC[C@H]2NC(=O)c2ccc(C#N)nc2)cn1. The zero-order chi connectivity index (χ0) is 17.6. The van der Waals surface area contributed by atoms with Gasteiger partial charge in [0.05, 0.1) is 24.4 Å². The predicted molar refractivity (Wildman–Crippen MR) is 89.0 cm³/mol. The quantitative estimate of drug-likeness (QED) is 0.910. The van der Waals surface area contributed by atoms with Crippen LogP contribution < -0.4 is 10.1 Å². The molecule has 7 heteroatoms. The summed E-state index contributed by atoms with van der Waals surface area (Å²) in [6, 6.07) is 8.56. The normalized spacial score (nSPS) is 19.7. The topological polar surface area (TPSA) is 97.1 Å². The molecule has 1 amide bonds. The molecule has 3 rings (SSSR count). The fraction of sp³-hybridized carbons (Fsp3) is 0.333. The van der Waals surface area contributed by atoms with Gasteiger partial charge in [-0.2, -0.15) is 5.26 Å². The molecule has 0 spiro atoms. The zero-order valence-electron chi connectivity index (χ0n) is 13.8. The second-order valence-electron chi connectivity index (χ2n) is 5.78. The zero-order valence-corrected chi connectivity index (χ0v) is 13.8. The van der Waals surface area contributed by atoms with Crippen LogP contribution in [0.3, 0.4) is 0 Å². The van der Waals surface area contributed by atoms with Gasteiger partial charge in [0.2, 0.25) is 0 Å². The van der Waals surface area contributed by atoms with Crippen molar-refractivity contribution >= 4 is 5.91 Å². The van der Waals surface area contributed by atoms with Gasteiger partial charge in [0.1, 0.15) is 23.6 Å². The maximum absolute atomic E-state index is 12.4. The lowest BCUT2D eigenvalue weighted by Crippen LogP contribution is -2.51. The molecule has 25 heavy (non-hydrogen) atoms. The van der Waals surface area contributed by atoms with Gasteiger partial charge in [-0.15, -0.1) is 0 Å². The molecule has 0 bridgehead atoms. The Kier molecular flexibility index (Phi) is 5.21. The molecule has 1 fully saturated rings. The van der Waals surface area contributed by atoms with Crippen molar-refractivity contribution in [2.75, 3.05) is 13.2 Å². The number of hydrogen-bond acceptors (Lipinski definition) is 6. The molecule has 0 aromatic carbocycles. The number of aryl methyl sites for hydroxylation is 1. The Labute approximate surface area is 145 Å². The van der Waals surface area contributed by atoms with Crippen molar-refractivity contribution in [2.24, 2.45) is 0 Å². The maximum atomic E-state index is 12.4. The average Bonchev–Trinajstić information content (AvgIpc) is 2.65. The van der Waals surface area contributed by atoms with Crippen LogP contribution in [0.2, 0.25) is 0 Å². The van der Waals surface area contributed by atoms with Gasteiger partial charge < -0.3 is 14.8 Å². The lowest BCUT2D eigenvalue weighted by atomic mass is 10.1. The number of hydrogen-bond donors (Lipinski definition) is 1. The maximum Gasteiger partial charge on any atom is 0.253 e. The number of nitrogens with zero attached hydrogens (tertiary/aromatic N) is 3. The van der Waals surface area contributed by atoms with Gasteiger partial charge in [0.25, 0.3) is 5.91 Å². The number of carbonyl (C=O) groups excluding carboxylic acids is 1. The summed E-state index contributed by atoms with van der Waals surface area (Å²) in [4.78, 5) is 20.5. The van der Waals surface area contributed by atoms with E-state index >= 15 is 0 Å². The first-order valence-electron chi connectivity index (χ1n) is 8.00. The van der Waals surface area contributed by atoms with Crippen molar-refractivity contribution in [3.05, 3.63) is 53.6 Å². The molecular weight excluding hydrogens is 320 g/mol. The Morgan fingerprint density at radius 2 is 2.20 bits per heavy atom. The van der Waals surface area contributed by atoms with Crippen molar-refractivity contribution < 1.29 is 14.3 Å². The Hall–Kier alpha value is -2.98. The molecule has 0 unspecified atom stereocenters. The molecule has 1 N–H and O–H groups in total. The smallest absolute Gasteiger partial charge is 0.253 e. The molecule has 0 aliphatic carbocycles. The number of aromatic nitrogens is 2. The van der Waals surface area contributed by atoms with Gasteiger partial charge in [-0.25, -0.2) is 4.98 Å². The number of pyridine rings is 2. The molecule has 3 heterocycles. The third kappa shape index (κ3) is 4.31. The van der Waals surface area contributed by atoms with Crippen molar-refractivity contribution in [2.45, 2.75) is 25.5 Å². The number of nitrogens with one attached hydrogen (secondary N) is 1. The van der Waals surface area contributed by atoms with Gasteiger partial charge in [0, 0.05) is 18.5 Å². The van der Waals surface area contributed by atoms with Crippen LogP contribution in [0.5, 0.6) is 5.75 Å². The van der Waals surface area contributed by atoms with Crippen molar-refractivity contribution in [1.29, 1.82) is 5.26 Å². The summed E-state index contributed by atoms with van der Waals surface area (Å²) >= 11 is 0. The monoisotopic (exact) mass is 338 g/mol. The number of nitriles is 1. The van der Waals surface area contributed by atoms with Crippen molar-refractivity contribution in [1.82, 2.24) is 15.3 Å². The van der Waals surface area contributed by atoms with Crippen LogP contribution in [-0.2, 0) is 4.74 Å². The van der Waals surface area contributed by atoms with Crippen LogP contribution in [0.25, 0.3) is 0 Å². The number of ether oxygens (including phenoxy) is 2. The lowest BCUT2D eigenvalue weighted by Gasteiger charge is -2.32. The second kappa shape index (κ2) is 7.73. The van der Waals surface area contributed by atoms with E-state index < -0.39 is 0 Å². The van der Waals surface area contributed by atoms with Crippen LogP contribution in [0.15, 0.2) is 36.7 Å². The molecule has 2 atom stereocenters. The first-order chi connectivity index (χ1) is 12.2. The third-order valence-electron chi connectivity index (χ3n) is 3.93. The van der Waals surface area contributed by atoms with Crippen LogP contribution in [-0.4, -0.2) is 41.2 Å². The summed E-state index contributed by atoms with van der Waals surface area (Å²) in [5, 5.41) is 11.7. The van der Waals surface area contributed by atoms with E-state index in [4.69, 9.17) is 14.7 Å². The molecular formula is C18H18N4O3. The fourth-order valence-electron chi connectivity index (χ4n) is 2.54. The Morgan fingerprint density at radius 1 is 1.32 bits per heavy atom. The van der Waals surface area contributed by atoms with Gasteiger partial charge in [-0.3, -0.25) is 9.78 Å². The van der Waals surface area contributed by atoms with Crippen LogP contribution in [0, 0.1) is 18.3 Å². The standard InChI is InChI=1S/C18H18N4O3/c1-12-2-5-15(10-20-12)25-17-11-24-7-6-16(17)22-18(23)13-3-4-14(8-19)21-9-13/h2-5,9-10,16-17H,6-7,11H2,1H3,(H,22,23)/t16-,17+/m1/s1. The molecule has 1 aliphatic heterocycles. The summed E-state index contributed by atoms with van der Waals surface area (Å²) in [5.41, 5.74) is 1.59. The summed E-state index contributed by atoms with van der Waals surface area (Å²) in [6.07, 6.45) is 3.41. The Bertz CT molecular complexity index is 768. The minimum atomic E-state index is -0.298. The summed E-state index contributed by atoms with van der Waals surface area (Å²) in [6.45, 7) is 2.86. The molecule has 7 nitrogen and oxygen atoms in total. The first kappa shape index (κ1) is 16.9. The van der Waals surface area contributed by atoms with Gasteiger partial charge >= 0.3 is 0 Å². The second-order valence-corrected chi connectivity index (χ2v) is 5.78. The van der Waals surface area contributed by atoms with E-state index in [9.17, 15) is 4.79 Å². The van der Waals surface area contributed by atoms with Crippen LogP contribution in [0.1, 0.15) is 28.2 Å². The van der Waals surface area contributed by atoms with Crippen molar-refractivity contribution in [3.8, 4) is 11.8 Å². The van der Waals surface area contributed by atoms with Gasteiger partial charge in [-0.1, -0.05) is 0 Å². The highest BCUT2D eigenvalue weighted by molar-refractivity contribution is 5.94. The summed E-state index contributed by atoms with van der Waals surface area (Å²) in [7, 11) is 0. The fourth-order valence-corrected chi connectivity index (χ4v) is 2.54. The van der Waals surface area contributed by atoms with Crippen LogP contribution in [0.4, 0.5) is 0 Å². The molecule has 0 saturated carbocycles. The molecule has 128 valence electrons. The highest BCUT2D eigenvalue weighted by Gasteiger charge is 2.29. The molecule has 2 aromatic heterocycles. The van der Waals surface area contributed by atoms with Gasteiger partial charge in [0.15, 0.2) is 0 Å². The molecule has 1 saturated heterocycles. The summed E-state index contributed by atoms with van der Waals surface area (Å²) < 4.78 is 11.4. The number of rotatable bonds is 4. The van der Waals surface area contributed by atoms with E-state index in [-0.39, 0.29) is 23.7 Å². The van der Waals surface area contributed by atoms with E-state index in [1.165, 1.54) is 12.3 Å². The number of carbonyl (C=O) groups is 1. The van der Waals surface area contributed by atoms with E-state index in [2.05, 4.69) is 15.3 Å². The van der Waals surface area contributed by atoms with Gasteiger partial charge in [-0.05, 0) is 37.6 Å². The third-order valence-corrected chi connectivity index (χ3v) is 3.93. The highest BCUT2D eigenvalue weighted by Crippen LogP contribution is 2.17. The predicted octanol–water partition coefficient (Wildman–Crippen LogP) is 1.62. The highest BCUT2D eigenvalue weighted by atomic mass is 16.5. The minimum absolute atomic E-state index is 0.182. The molecule has 2 aromatic rings. The largest absolute Gasteiger partial charge is 0.484 e. The first-order valence-corrected chi connectivity index (χ1v) is 8.00. The van der Waals surface area contributed by atoms with Crippen LogP contribution >= 0.6 is 0 Å². The Balaban J connectivity index is 1.66.